The summed E-state index contributed by atoms with van der Waals surface area (Å²) in [5, 5.41) is 10.5. The quantitative estimate of drug-likeness (QED) is 0.891. The maximum atomic E-state index is 10.5. The van der Waals surface area contributed by atoms with E-state index < -0.39 is 0 Å². The minimum Gasteiger partial charge on any atom is -0.388 e. The van der Waals surface area contributed by atoms with Gasteiger partial charge in [-0.15, -0.1) is 0 Å². The van der Waals surface area contributed by atoms with E-state index in [1.807, 2.05) is 18.5 Å². The van der Waals surface area contributed by atoms with Gasteiger partial charge in [0.15, 0.2) is 0 Å². The predicted molar refractivity (Wildman–Crippen MR) is 75.9 cm³/mol. The fourth-order valence-electron chi connectivity index (χ4n) is 3.05. The summed E-state index contributed by atoms with van der Waals surface area (Å²) in [6.07, 6.45) is 6.47. The first-order valence-corrected chi connectivity index (χ1v) is 6.90. The monoisotopic (exact) mass is 253 g/mol. The lowest BCUT2D eigenvalue weighted by molar-refractivity contribution is 0.0936. The van der Waals surface area contributed by atoms with Crippen LogP contribution in [0.4, 0.5) is 0 Å². The van der Waals surface area contributed by atoms with Crippen LogP contribution in [-0.4, -0.2) is 10.1 Å². The van der Waals surface area contributed by atoms with Gasteiger partial charge in [0.05, 0.1) is 6.10 Å². The van der Waals surface area contributed by atoms with Crippen molar-refractivity contribution in [3.63, 3.8) is 0 Å². The highest BCUT2D eigenvalue weighted by Crippen LogP contribution is 2.36. The van der Waals surface area contributed by atoms with Gasteiger partial charge in [0.2, 0.25) is 0 Å². The van der Waals surface area contributed by atoms with Gasteiger partial charge in [-0.1, -0.05) is 30.3 Å². The molecule has 1 aromatic carbocycles. The molecule has 1 N–H and O–H groups in total. The van der Waals surface area contributed by atoms with Crippen LogP contribution in [0.2, 0.25) is 0 Å². The molecule has 2 unspecified atom stereocenters. The lowest BCUT2D eigenvalue weighted by Crippen LogP contribution is -2.22. The Labute approximate surface area is 114 Å². The lowest BCUT2D eigenvalue weighted by Gasteiger charge is -2.30. The summed E-state index contributed by atoms with van der Waals surface area (Å²) in [6, 6.07) is 10.4. The molecule has 0 radical (unpaired) electrons. The van der Waals surface area contributed by atoms with E-state index in [4.69, 9.17) is 0 Å². The van der Waals surface area contributed by atoms with Crippen LogP contribution in [0.5, 0.6) is 0 Å². The number of fused-ring (bicyclic) bond motifs is 1. The lowest BCUT2D eigenvalue weighted by atomic mass is 9.79. The van der Waals surface area contributed by atoms with E-state index in [9.17, 15) is 5.11 Å². The summed E-state index contributed by atoms with van der Waals surface area (Å²) in [7, 11) is 0. The van der Waals surface area contributed by atoms with Crippen LogP contribution < -0.4 is 0 Å². The second-order valence-electron chi connectivity index (χ2n) is 5.52. The Kier molecular flexibility index (Phi) is 3.34. The van der Waals surface area contributed by atoms with Crippen molar-refractivity contribution in [2.45, 2.75) is 32.3 Å². The number of aliphatic hydroxyl groups excluding tert-OH is 1. The number of aliphatic hydroxyl groups is 1. The van der Waals surface area contributed by atoms with Crippen molar-refractivity contribution in [1.29, 1.82) is 0 Å². The summed E-state index contributed by atoms with van der Waals surface area (Å²) in [6.45, 7) is 2.06. The maximum Gasteiger partial charge on any atom is 0.0824 e. The molecule has 19 heavy (non-hydrogen) atoms. The van der Waals surface area contributed by atoms with Crippen LogP contribution in [0.3, 0.4) is 0 Å². The molecule has 0 bridgehead atoms. The van der Waals surface area contributed by atoms with Gasteiger partial charge in [0.25, 0.3) is 0 Å². The van der Waals surface area contributed by atoms with Gasteiger partial charge in [-0.25, -0.2) is 0 Å². The maximum absolute atomic E-state index is 10.5. The molecule has 1 heterocycles. The molecule has 3 rings (SSSR count). The number of benzene rings is 1. The second-order valence-corrected chi connectivity index (χ2v) is 5.52. The van der Waals surface area contributed by atoms with Gasteiger partial charge >= 0.3 is 0 Å². The molecule has 98 valence electrons. The first-order chi connectivity index (χ1) is 9.24. The molecule has 0 aliphatic heterocycles. The highest BCUT2D eigenvalue weighted by molar-refractivity contribution is 5.32. The van der Waals surface area contributed by atoms with Crippen LogP contribution in [0.25, 0.3) is 0 Å². The van der Waals surface area contributed by atoms with Crippen molar-refractivity contribution in [3.8, 4) is 0 Å². The van der Waals surface area contributed by atoms with E-state index in [1.165, 1.54) is 16.7 Å². The third-order valence-corrected chi connectivity index (χ3v) is 4.03. The molecule has 2 nitrogen and oxygen atoms in total. The zero-order chi connectivity index (χ0) is 13.2. The highest BCUT2D eigenvalue weighted by Gasteiger charge is 2.27. The fraction of sp³-hybridized carbons (Fsp3) is 0.353. The van der Waals surface area contributed by atoms with E-state index >= 15 is 0 Å². The molecule has 0 saturated carbocycles. The van der Waals surface area contributed by atoms with Crippen molar-refractivity contribution < 1.29 is 5.11 Å². The second kappa shape index (κ2) is 5.14. The normalized spacial score (nSPS) is 22.0. The Hall–Kier alpha value is -1.67. The van der Waals surface area contributed by atoms with Crippen LogP contribution in [-0.2, 0) is 12.8 Å². The topological polar surface area (TPSA) is 33.1 Å². The van der Waals surface area contributed by atoms with Gasteiger partial charge in [-0.2, -0.15) is 0 Å². The minimum atomic E-state index is -0.342. The highest BCUT2D eigenvalue weighted by atomic mass is 16.3. The van der Waals surface area contributed by atoms with Gasteiger partial charge in [0.1, 0.15) is 0 Å². The van der Waals surface area contributed by atoms with Crippen LogP contribution in [0.15, 0.2) is 42.7 Å². The average molecular weight is 253 g/mol. The van der Waals surface area contributed by atoms with Crippen LogP contribution in [0.1, 0.15) is 34.8 Å². The number of hydrogen-bond acceptors (Lipinski definition) is 2. The van der Waals surface area contributed by atoms with Crippen molar-refractivity contribution in [2.75, 3.05) is 0 Å². The molecule has 2 atom stereocenters. The zero-order valence-electron chi connectivity index (χ0n) is 11.2. The Balaban J connectivity index is 1.81. The summed E-state index contributed by atoms with van der Waals surface area (Å²) in [4.78, 5) is 4.24. The van der Waals surface area contributed by atoms with Gasteiger partial charge in [-0.05, 0) is 54.4 Å². The smallest absolute Gasteiger partial charge is 0.0824 e. The third kappa shape index (κ3) is 2.54. The number of nitrogens with zero attached hydrogens (tertiary/aromatic N) is 1. The summed E-state index contributed by atoms with van der Waals surface area (Å²) in [5.41, 5.74) is 4.82. The van der Waals surface area contributed by atoms with Crippen molar-refractivity contribution in [3.05, 3.63) is 65.0 Å². The number of aryl methyl sites for hydroxylation is 2. The molecule has 1 aromatic heterocycles. The first kappa shape index (κ1) is 12.4. The standard InChI is InChI=1S/C17H19NO/c1-12-8-13(11-18-10-12)9-15-7-6-14-4-2-3-5-16(14)17(15)19/h2-5,8,10-11,15,17,19H,6-7,9H2,1H3. The molecule has 2 heteroatoms. The van der Waals surface area contributed by atoms with Crippen molar-refractivity contribution >= 4 is 0 Å². The Bertz CT molecular complexity index is 579. The van der Waals surface area contributed by atoms with E-state index in [0.717, 1.165) is 24.8 Å². The van der Waals surface area contributed by atoms with Crippen molar-refractivity contribution in [2.24, 2.45) is 5.92 Å². The van der Waals surface area contributed by atoms with E-state index in [0.29, 0.717) is 5.92 Å². The van der Waals surface area contributed by atoms with Crippen molar-refractivity contribution in [1.82, 2.24) is 4.98 Å². The molecule has 0 fully saturated rings. The molecule has 1 aliphatic carbocycles. The van der Waals surface area contributed by atoms with E-state index in [1.54, 1.807) is 0 Å². The first-order valence-electron chi connectivity index (χ1n) is 6.90. The van der Waals surface area contributed by atoms with Crippen LogP contribution >= 0.6 is 0 Å². The summed E-state index contributed by atoms with van der Waals surface area (Å²) >= 11 is 0. The molecular formula is C17H19NO. The minimum absolute atomic E-state index is 0.304. The van der Waals surface area contributed by atoms with Gasteiger partial charge < -0.3 is 5.11 Å². The number of rotatable bonds is 2. The SMILES string of the molecule is Cc1cncc(CC2CCc3ccccc3C2O)c1. The molecule has 0 spiro atoms. The molecule has 0 saturated heterocycles. The van der Waals surface area contributed by atoms with E-state index in [2.05, 4.69) is 36.2 Å². The van der Waals surface area contributed by atoms with Gasteiger partial charge in [-0.3, -0.25) is 4.98 Å². The summed E-state index contributed by atoms with van der Waals surface area (Å²) < 4.78 is 0. The summed E-state index contributed by atoms with van der Waals surface area (Å²) in [5.74, 6) is 0.304. The zero-order valence-corrected chi connectivity index (χ0v) is 11.2. The van der Waals surface area contributed by atoms with Gasteiger partial charge in [0, 0.05) is 12.4 Å². The molecular weight excluding hydrogens is 234 g/mol. The van der Waals surface area contributed by atoms with Crippen LogP contribution in [0, 0.1) is 12.8 Å². The number of pyridine rings is 1. The molecule has 1 aliphatic rings. The number of aromatic nitrogens is 1. The number of hydrogen-bond donors (Lipinski definition) is 1. The Morgan fingerprint density at radius 3 is 2.95 bits per heavy atom. The Morgan fingerprint density at radius 2 is 2.11 bits per heavy atom. The Morgan fingerprint density at radius 1 is 1.26 bits per heavy atom. The average Bonchev–Trinajstić information content (AvgIpc) is 2.42. The largest absolute Gasteiger partial charge is 0.388 e. The predicted octanol–water partition coefficient (Wildman–Crippen LogP) is 3.23. The molecule has 2 aromatic rings. The fourth-order valence-corrected chi connectivity index (χ4v) is 3.05. The van der Waals surface area contributed by atoms with E-state index in [-0.39, 0.29) is 6.10 Å². The molecule has 0 amide bonds. The third-order valence-electron chi connectivity index (χ3n) is 4.03.